The minimum atomic E-state index is -4.53. The number of carbonyl (C=O) groups excluding carboxylic acids is 3. The number of methoxy groups -OCH3 is 1. The zero-order chi connectivity index (χ0) is 51.0. The van der Waals surface area contributed by atoms with Crippen LogP contribution in [0.15, 0.2) is 143 Å². The highest BCUT2D eigenvalue weighted by atomic mass is 32.2. The van der Waals surface area contributed by atoms with E-state index >= 15 is 0 Å². The maximum absolute atomic E-state index is 13.8. The van der Waals surface area contributed by atoms with Crippen LogP contribution in [-0.2, 0) is 20.0 Å². The first-order valence-corrected chi connectivity index (χ1v) is 24.7. The van der Waals surface area contributed by atoms with E-state index in [2.05, 4.69) is 20.7 Å². The molecule has 0 aliphatic carbocycles. The van der Waals surface area contributed by atoms with E-state index in [1.165, 1.54) is 43.3 Å². The lowest BCUT2D eigenvalue weighted by Crippen LogP contribution is -2.48. The number of hydrogen-bond acceptors (Lipinski definition) is 12. The second kappa shape index (κ2) is 21.3. The molecule has 368 valence electrons. The maximum atomic E-state index is 13.8. The van der Waals surface area contributed by atoms with Gasteiger partial charge in [0, 0.05) is 36.4 Å². The number of nitrogens with one attached hydrogen (secondary N) is 5. The number of anilines is 1. The van der Waals surface area contributed by atoms with Crippen LogP contribution in [0.1, 0.15) is 51.9 Å². The van der Waals surface area contributed by atoms with E-state index < -0.39 is 54.0 Å². The van der Waals surface area contributed by atoms with Gasteiger partial charge in [0.25, 0.3) is 26.0 Å². The van der Waals surface area contributed by atoms with Crippen molar-refractivity contribution in [3.05, 3.63) is 139 Å². The Bertz CT molecular complexity index is 3100. The molecule has 0 heterocycles. The number of ether oxygens (including phenoxy) is 4. The van der Waals surface area contributed by atoms with Gasteiger partial charge in [-0.2, -0.15) is 0 Å². The fourth-order valence-electron chi connectivity index (χ4n) is 6.65. The minimum Gasteiger partial charge on any atom is -0.497 e. The van der Waals surface area contributed by atoms with Crippen molar-refractivity contribution in [1.29, 1.82) is 0 Å². The Morgan fingerprint density at radius 1 is 0.529 bits per heavy atom. The lowest BCUT2D eigenvalue weighted by Gasteiger charge is -2.21. The molecule has 0 bridgehead atoms. The van der Waals surface area contributed by atoms with Crippen LogP contribution < -0.4 is 44.3 Å². The van der Waals surface area contributed by atoms with E-state index in [4.69, 9.17) is 18.9 Å². The van der Waals surface area contributed by atoms with Crippen LogP contribution in [0.25, 0.3) is 22.3 Å². The van der Waals surface area contributed by atoms with Gasteiger partial charge < -0.3 is 39.8 Å². The summed E-state index contributed by atoms with van der Waals surface area (Å²) in [6, 6.07) is 35.1. The normalized spacial score (nSPS) is 11.7. The van der Waals surface area contributed by atoms with Crippen LogP contribution in [0.2, 0.25) is 0 Å². The third-order valence-corrected chi connectivity index (χ3v) is 12.5. The summed E-state index contributed by atoms with van der Waals surface area (Å²) in [5.74, 6) is 1.20. The highest BCUT2D eigenvalue weighted by molar-refractivity contribution is 7.90. The monoisotopic (exact) mass is 992 g/mol. The van der Waals surface area contributed by atoms with Gasteiger partial charge in [-0.15, -0.1) is 0 Å². The fraction of sp³-hybridized carbons (Fsp3) is 0.235. The van der Waals surface area contributed by atoms with E-state index in [1.807, 2.05) is 41.1 Å². The molecule has 6 rings (SSSR count). The van der Waals surface area contributed by atoms with Crippen molar-refractivity contribution in [2.24, 2.45) is 0 Å². The van der Waals surface area contributed by atoms with Gasteiger partial charge in [-0.3, -0.25) is 4.79 Å². The van der Waals surface area contributed by atoms with Crippen molar-refractivity contribution in [3.63, 3.8) is 0 Å². The molecule has 0 aromatic heterocycles. The van der Waals surface area contributed by atoms with E-state index in [1.54, 1.807) is 115 Å². The second-order valence-electron chi connectivity index (χ2n) is 18.1. The van der Waals surface area contributed by atoms with Crippen LogP contribution in [0.5, 0.6) is 34.5 Å². The van der Waals surface area contributed by atoms with E-state index in [-0.39, 0.29) is 34.4 Å². The summed E-state index contributed by atoms with van der Waals surface area (Å²) in [5.41, 5.74) is 2.15. The number of sulfonamides is 2. The molecule has 0 fully saturated rings. The Morgan fingerprint density at radius 2 is 0.986 bits per heavy atom. The molecule has 6 aromatic rings. The van der Waals surface area contributed by atoms with Crippen molar-refractivity contribution < 1.29 is 50.2 Å². The lowest BCUT2D eigenvalue weighted by molar-refractivity contribution is 0.0827. The summed E-state index contributed by atoms with van der Waals surface area (Å²) in [4.78, 5) is 38.8. The Morgan fingerprint density at radius 3 is 1.44 bits per heavy atom. The molecule has 19 heteroatoms. The van der Waals surface area contributed by atoms with Crippen LogP contribution in [0, 0.1) is 0 Å². The number of benzene rings is 6. The molecule has 0 aliphatic heterocycles. The molecule has 0 atom stereocenters. The molecule has 70 heavy (non-hydrogen) atoms. The minimum absolute atomic E-state index is 0.0306. The summed E-state index contributed by atoms with van der Waals surface area (Å²) in [7, 11) is -4.36. The van der Waals surface area contributed by atoms with Gasteiger partial charge in [-0.25, -0.2) is 35.9 Å². The average molecular weight is 993 g/mol. The van der Waals surface area contributed by atoms with Gasteiger partial charge in [-0.05, 0) is 149 Å². The topological polar surface area (TPSA) is 220 Å². The number of nitrogens with zero attached hydrogens (tertiary/aromatic N) is 1. The Kier molecular flexibility index (Phi) is 15.7. The van der Waals surface area contributed by atoms with Crippen molar-refractivity contribution in [2.75, 3.05) is 33.3 Å². The first kappa shape index (κ1) is 51.6. The Balaban J connectivity index is 1.17. The first-order valence-electron chi connectivity index (χ1n) is 21.8. The number of amides is 5. The zero-order valence-corrected chi connectivity index (χ0v) is 41.8. The predicted octanol–water partition coefficient (Wildman–Crippen LogP) is 9.34. The molecule has 0 saturated carbocycles. The van der Waals surface area contributed by atoms with Crippen molar-refractivity contribution >= 4 is 43.7 Å². The fourth-order valence-corrected chi connectivity index (χ4v) is 8.78. The van der Waals surface area contributed by atoms with Crippen molar-refractivity contribution in [2.45, 2.75) is 62.4 Å². The third-order valence-electron chi connectivity index (χ3n) is 9.80. The van der Waals surface area contributed by atoms with Gasteiger partial charge in [0.1, 0.15) is 44.3 Å². The SMILES string of the molecule is COc1ccc(-c2cccc(Oc3ccc(NCOc4ccc(-c5cccc(Oc6ccc(C(=O)N(C)C)cc6S(=O)(=O)NC(=O)NC(C)(C)C)c5)cc4)cc3S(=O)(=O)NC(=O)NC(C)(C)C)c2)cc1. The lowest BCUT2D eigenvalue weighted by atomic mass is 10.1. The zero-order valence-electron chi connectivity index (χ0n) is 40.2. The van der Waals surface area contributed by atoms with Crippen LogP contribution >= 0.6 is 0 Å². The summed E-state index contributed by atoms with van der Waals surface area (Å²) in [5, 5.41) is 8.22. The van der Waals surface area contributed by atoms with Gasteiger partial charge in [0.2, 0.25) is 0 Å². The molecule has 0 spiro atoms. The maximum Gasteiger partial charge on any atom is 0.329 e. The van der Waals surface area contributed by atoms with Gasteiger partial charge in [0.05, 0.1) is 7.11 Å². The summed E-state index contributed by atoms with van der Waals surface area (Å²) in [6.07, 6.45) is 0. The number of rotatable bonds is 16. The average Bonchev–Trinajstić information content (AvgIpc) is 3.28. The standard InChI is InChI=1S/C51H56N6O11S2/c1-50(2,3)53-48(59)55-69(61,62)45-30-37(47(58)57(7)8)20-26-43(45)67-41-14-11-13-36(29-41)34-18-24-40(25-19-34)66-32-52-38-21-27-44(46(31-38)70(63,64)56-49(60)54-51(4,5)6)68-42-15-10-12-35(28-42)33-16-22-39(65-9)23-17-33/h10-31,52H,32H2,1-9H3,(H2,53,55,59)(H2,54,56,60). The molecule has 0 aliphatic rings. The largest absolute Gasteiger partial charge is 0.497 e. The molecular weight excluding hydrogens is 937 g/mol. The molecule has 0 unspecified atom stereocenters. The quantitative estimate of drug-likeness (QED) is 0.0573. The van der Waals surface area contributed by atoms with Gasteiger partial charge >= 0.3 is 12.1 Å². The smallest absolute Gasteiger partial charge is 0.329 e. The number of hydrogen-bond donors (Lipinski definition) is 5. The molecule has 0 radical (unpaired) electrons. The van der Waals surface area contributed by atoms with Crippen LogP contribution in [0.4, 0.5) is 15.3 Å². The Labute approximate surface area is 408 Å². The number of carbonyl (C=O) groups is 3. The van der Waals surface area contributed by atoms with E-state index in [0.717, 1.165) is 22.8 Å². The second-order valence-corrected chi connectivity index (χ2v) is 21.4. The number of urea groups is 2. The van der Waals surface area contributed by atoms with Gasteiger partial charge in [0.15, 0.2) is 6.73 Å². The van der Waals surface area contributed by atoms with E-state index in [9.17, 15) is 31.2 Å². The van der Waals surface area contributed by atoms with Crippen LogP contribution in [0.3, 0.4) is 0 Å². The highest BCUT2D eigenvalue weighted by Gasteiger charge is 2.28. The Hall–Kier alpha value is -7.77. The molecule has 5 N–H and O–H groups in total. The van der Waals surface area contributed by atoms with E-state index in [0.29, 0.717) is 28.5 Å². The summed E-state index contributed by atoms with van der Waals surface area (Å²) >= 11 is 0. The molecular formula is C51H56N6O11S2. The molecule has 5 amide bonds. The van der Waals surface area contributed by atoms with Crippen LogP contribution in [-0.4, -0.2) is 78.7 Å². The first-order chi connectivity index (χ1) is 32.9. The molecule has 17 nitrogen and oxygen atoms in total. The summed E-state index contributed by atoms with van der Waals surface area (Å²) < 4.78 is 82.4. The van der Waals surface area contributed by atoms with Crippen molar-refractivity contribution in [3.8, 4) is 56.8 Å². The predicted molar refractivity (Wildman–Crippen MR) is 268 cm³/mol. The molecule has 6 aromatic carbocycles. The van der Waals surface area contributed by atoms with Gasteiger partial charge in [-0.1, -0.05) is 48.5 Å². The highest BCUT2D eigenvalue weighted by Crippen LogP contribution is 2.35. The third kappa shape index (κ3) is 14.1. The summed E-state index contributed by atoms with van der Waals surface area (Å²) in [6.45, 7) is 10.2. The van der Waals surface area contributed by atoms with Crippen molar-refractivity contribution in [1.82, 2.24) is 25.0 Å². The molecule has 0 saturated heterocycles.